The van der Waals surface area contributed by atoms with E-state index in [0.29, 0.717) is 6.54 Å². The lowest BCUT2D eigenvalue weighted by Gasteiger charge is -2.27. The van der Waals surface area contributed by atoms with Crippen LogP contribution >= 0.6 is 12.4 Å². The first-order valence-corrected chi connectivity index (χ1v) is 7.26. The topological polar surface area (TPSA) is 40.5 Å². The second-order valence-electron chi connectivity index (χ2n) is 6.21. The summed E-state index contributed by atoms with van der Waals surface area (Å²) in [6.45, 7) is 3.53. The maximum Gasteiger partial charge on any atom is 0.311 e. The minimum atomic E-state index is -0.645. The van der Waals surface area contributed by atoms with Crippen molar-refractivity contribution in [2.75, 3.05) is 13.1 Å². The van der Waals surface area contributed by atoms with Gasteiger partial charge in [0.2, 0.25) is 0 Å². The molecule has 2 aliphatic rings. The van der Waals surface area contributed by atoms with Gasteiger partial charge in [-0.1, -0.05) is 18.6 Å². The van der Waals surface area contributed by atoms with Crippen LogP contribution in [-0.2, 0) is 4.79 Å². The molecule has 21 heavy (non-hydrogen) atoms. The zero-order valence-electron chi connectivity index (χ0n) is 12.1. The number of carbonyl (C=O) groups is 1. The van der Waals surface area contributed by atoms with Crippen molar-refractivity contribution in [2.24, 2.45) is 11.3 Å². The maximum atomic E-state index is 13.0. The van der Waals surface area contributed by atoms with Crippen molar-refractivity contribution in [2.45, 2.75) is 32.2 Å². The molecule has 116 valence electrons. The lowest BCUT2D eigenvalue weighted by Crippen LogP contribution is -2.36. The fraction of sp³-hybridized carbons (Fsp3) is 0.562. The van der Waals surface area contributed by atoms with Gasteiger partial charge in [0.25, 0.3) is 0 Å². The third-order valence-electron chi connectivity index (χ3n) is 5.22. The van der Waals surface area contributed by atoms with Gasteiger partial charge in [-0.05, 0) is 43.4 Å². The third-order valence-corrected chi connectivity index (χ3v) is 5.22. The van der Waals surface area contributed by atoms with Crippen molar-refractivity contribution in [1.29, 1.82) is 0 Å². The predicted octanol–water partition coefficient (Wildman–Crippen LogP) is 3.50. The predicted molar refractivity (Wildman–Crippen MR) is 81.0 cm³/mol. The van der Waals surface area contributed by atoms with Crippen LogP contribution in [0.25, 0.3) is 0 Å². The molecule has 1 saturated heterocycles. The van der Waals surface area contributed by atoms with E-state index in [-0.39, 0.29) is 30.2 Å². The lowest BCUT2D eigenvalue weighted by atomic mass is 9.81. The average molecular weight is 314 g/mol. The molecular formula is C16H21ClFNO2. The van der Waals surface area contributed by atoms with Gasteiger partial charge in [0.05, 0.1) is 5.41 Å². The first-order chi connectivity index (χ1) is 9.53. The highest BCUT2D eigenvalue weighted by Gasteiger charge is 2.55. The number of rotatable bonds is 3. The number of aliphatic carboxylic acids is 1. The molecule has 3 nitrogen and oxygen atoms in total. The molecule has 1 aliphatic carbocycles. The molecule has 5 heteroatoms. The Bertz CT molecular complexity index is 522. The second kappa shape index (κ2) is 5.93. The van der Waals surface area contributed by atoms with Crippen molar-refractivity contribution in [3.63, 3.8) is 0 Å². The number of carboxylic acids is 1. The highest BCUT2D eigenvalue weighted by molar-refractivity contribution is 5.85. The molecule has 1 unspecified atom stereocenters. The van der Waals surface area contributed by atoms with E-state index in [0.717, 1.165) is 31.4 Å². The van der Waals surface area contributed by atoms with Crippen LogP contribution in [0.5, 0.6) is 0 Å². The molecule has 3 atom stereocenters. The first-order valence-electron chi connectivity index (χ1n) is 7.26. The zero-order chi connectivity index (χ0) is 14.3. The zero-order valence-corrected chi connectivity index (χ0v) is 12.9. The summed E-state index contributed by atoms with van der Waals surface area (Å²) in [4.78, 5) is 13.9. The van der Waals surface area contributed by atoms with E-state index in [4.69, 9.17) is 0 Å². The quantitative estimate of drug-likeness (QED) is 0.928. The summed E-state index contributed by atoms with van der Waals surface area (Å²) in [5, 5.41) is 9.60. The molecule has 0 amide bonds. The Hall–Kier alpha value is -1.13. The van der Waals surface area contributed by atoms with Crippen molar-refractivity contribution < 1.29 is 14.3 Å². The summed E-state index contributed by atoms with van der Waals surface area (Å²) < 4.78 is 13.0. The molecule has 0 radical (unpaired) electrons. The van der Waals surface area contributed by atoms with Crippen LogP contribution < -0.4 is 0 Å². The van der Waals surface area contributed by atoms with Crippen LogP contribution in [0.15, 0.2) is 24.3 Å². The van der Waals surface area contributed by atoms with Gasteiger partial charge in [0.1, 0.15) is 5.82 Å². The number of nitrogens with zero attached hydrogens (tertiary/aromatic N) is 1. The van der Waals surface area contributed by atoms with E-state index in [1.807, 2.05) is 0 Å². The molecule has 0 spiro atoms. The smallest absolute Gasteiger partial charge is 0.311 e. The van der Waals surface area contributed by atoms with Gasteiger partial charge in [-0.2, -0.15) is 0 Å². The Morgan fingerprint density at radius 2 is 2.10 bits per heavy atom. The van der Waals surface area contributed by atoms with Crippen molar-refractivity contribution in [3.05, 3.63) is 35.6 Å². The number of halogens is 2. The van der Waals surface area contributed by atoms with Gasteiger partial charge in [-0.25, -0.2) is 4.39 Å². The monoisotopic (exact) mass is 313 g/mol. The average Bonchev–Trinajstić information content (AvgIpc) is 2.96. The van der Waals surface area contributed by atoms with E-state index in [2.05, 4.69) is 11.8 Å². The molecule has 1 aromatic rings. The number of benzene rings is 1. The normalized spacial score (nSPS) is 29.7. The molecule has 0 aromatic heterocycles. The molecule has 1 heterocycles. The van der Waals surface area contributed by atoms with E-state index in [9.17, 15) is 14.3 Å². The molecular weight excluding hydrogens is 293 g/mol. The lowest BCUT2D eigenvalue weighted by molar-refractivity contribution is -0.149. The van der Waals surface area contributed by atoms with Crippen molar-refractivity contribution >= 4 is 18.4 Å². The molecule has 1 N–H and O–H groups in total. The Morgan fingerprint density at radius 3 is 2.67 bits per heavy atom. The summed E-state index contributed by atoms with van der Waals surface area (Å²) in [7, 11) is 0. The largest absolute Gasteiger partial charge is 0.481 e. The van der Waals surface area contributed by atoms with Crippen molar-refractivity contribution in [1.82, 2.24) is 4.90 Å². The summed E-state index contributed by atoms with van der Waals surface area (Å²) in [5.41, 5.74) is 0.501. The van der Waals surface area contributed by atoms with Crippen LogP contribution in [0, 0.1) is 17.2 Å². The van der Waals surface area contributed by atoms with Crippen LogP contribution in [-0.4, -0.2) is 29.1 Å². The second-order valence-corrected chi connectivity index (χ2v) is 6.21. The minimum Gasteiger partial charge on any atom is -0.481 e. The van der Waals surface area contributed by atoms with Gasteiger partial charge in [0.15, 0.2) is 0 Å². The highest BCUT2D eigenvalue weighted by Crippen LogP contribution is 2.50. The summed E-state index contributed by atoms with van der Waals surface area (Å²) >= 11 is 0. The number of hydrogen-bond acceptors (Lipinski definition) is 2. The van der Waals surface area contributed by atoms with Gasteiger partial charge < -0.3 is 5.11 Å². The Morgan fingerprint density at radius 1 is 1.43 bits per heavy atom. The molecule has 1 aromatic carbocycles. The van der Waals surface area contributed by atoms with Crippen LogP contribution in [0.4, 0.5) is 4.39 Å². The van der Waals surface area contributed by atoms with Crippen LogP contribution in [0.2, 0.25) is 0 Å². The number of hydrogen-bond donors (Lipinski definition) is 1. The van der Waals surface area contributed by atoms with E-state index in [1.165, 1.54) is 12.1 Å². The Balaban J connectivity index is 0.00000161. The number of fused-ring (bicyclic) bond motifs is 1. The fourth-order valence-corrected chi connectivity index (χ4v) is 3.92. The molecule has 2 fully saturated rings. The molecule has 0 bridgehead atoms. The van der Waals surface area contributed by atoms with Gasteiger partial charge >= 0.3 is 5.97 Å². The first kappa shape index (κ1) is 16.2. The Kier molecular flexibility index (Phi) is 4.59. The third kappa shape index (κ3) is 2.67. The van der Waals surface area contributed by atoms with E-state index >= 15 is 0 Å². The van der Waals surface area contributed by atoms with Gasteiger partial charge in [-0.3, -0.25) is 9.69 Å². The standard InChI is InChI=1S/C16H20FNO2.ClH/c1-11(12-4-6-14(17)7-5-12)18-9-13-3-2-8-16(13,10-18)15(19)20;/h4-7,11,13H,2-3,8-10H2,1H3,(H,19,20);1H/t11?,13-,16+;/m0./s1. The maximum absolute atomic E-state index is 13.0. The highest BCUT2D eigenvalue weighted by atomic mass is 35.5. The van der Waals surface area contributed by atoms with E-state index < -0.39 is 11.4 Å². The van der Waals surface area contributed by atoms with Gasteiger partial charge in [0, 0.05) is 19.1 Å². The number of likely N-dealkylation sites (tertiary alicyclic amines) is 1. The van der Waals surface area contributed by atoms with E-state index in [1.54, 1.807) is 12.1 Å². The van der Waals surface area contributed by atoms with Crippen molar-refractivity contribution in [3.8, 4) is 0 Å². The molecule has 1 aliphatic heterocycles. The molecule has 1 saturated carbocycles. The molecule has 3 rings (SSSR count). The number of carboxylic acid groups (broad SMARTS) is 1. The summed E-state index contributed by atoms with van der Waals surface area (Å²) in [6, 6.07) is 6.66. The minimum absolute atomic E-state index is 0. The Labute approximate surface area is 130 Å². The van der Waals surface area contributed by atoms with Crippen LogP contribution in [0.3, 0.4) is 0 Å². The summed E-state index contributed by atoms with van der Waals surface area (Å²) in [6.07, 6.45) is 2.83. The van der Waals surface area contributed by atoms with Gasteiger partial charge in [-0.15, -0.1) is 12.4 Å². The fourth-order valence-electron chi connectivity index (χ4n) is 3.92. The van der Waals surface area contributed by atoms with Crippen LogP contribution in [0.1, 0.15) is 37.8 Å². The SMILES string of the molecule is CC(c1ccc(F)cc1)N1C[C@@H]2CCC[C@@]2(C(=O)O)C1.Cl. The summed E-state index contributed by atoms with van der Waals surface area (Å²) in [5.74, 6) is -0.613.